The Morgan fingerprint density at radius 3 is 2.11 bits per heavy atom. The number of cyclic esters (lactones) is 1. The van der Waals surface area contributed by atoms with Gasteiger partial charge in [0.25, 0.3) is 5.91 Å². The van der Waals surface area contributed by atoms with Crippen molar-refractivity contribution in [2.45, 2.75) is 136 Å². The summed E-state index contributed by atoms with van der Waals surface area (Å²) in [5, 5.41) is 28.7. The molecule has 3 rings (SSSR count). The lowest BCUT2D eigenvalue weighted by atomic mass is 9.74. The first-order valence-corrected chi connectivity index (χ1v) is 19.6. The summed E-state index contributed by atoms with van der Waals surface area (Å²) in [6.45, 7) is 14.7. The maximum atomic E-state index is 14.3. The predicted molar refractivity (Wildman–Crippen MR) is 207 cm³/mol. The zero-order valence-corrected chi connectivity index (χ0v) is 35.1. The number of aliphatic hydroxyl groups is 2. The average Bonchev–Trinajstić information content (AvgIpc) is 3.15. The Kier molecular flexibility index (Phi) is 16.6. The molecule has 0 radical (unpaired) electrons. The number of rotatable bonds is 10. The number of hydrogen-bond acceptors (Lipinski definition) is 13. The first-order chi connectivity index (χ1) is 26.1. The van der Waals surface area contributed by atoms with Gasteiger partial charge in [-0.3, -0.25) is 19.2 Å². The van der Waals surface area contributed by atoms with E-state index in [4.69, 9.17) is 23.7 Å². The zero-order valence-electron chi connectivity index (χ0n) is 35.1. The minimum atomic E-state index is -2.10. The van der Waals surface area contributed by atoms with Crippen molar-refractivity contribution in [3.05, 3.63) is 35.4 Å². The van der Waals surface area contributed by atoms with Gasteiger partial charge in [0.1, 0.15) is 35.6 Å². The second-order valence-corrected chi connectivity index (χ2v) is 16.3. The van der Waals surface area contributed by atoms with E-state index in [0.717, 1.165) is 5.56 Å². The van der Waals surface area contributed by atoms with Crippen LogP contribution >= 0.6 is 0 Å². The number of Topliss-reactive ketones (excluding diaryl/α,β-unsaturated/α-hetero) is 2. The highest BCUT2D eigenvalue weighted by Gasteiger charge is 2.53. The molecular formula is C41H65N3O12. The third-order valence-electron chi connectivity index (χ3n) is 11.5. The zero-order chi connectivity index (χ0) is 42.3. The molecule has 2 fully saturated rings. The predicted octanol–water partition coefficient (Wildman–Crippen LogP) is 3.20. The number of nitrogens with zero attached hydrogens (tertiary/aromatic N) is 1. The summed E-state index contributed by atoms with van der Waals surface area (Å²) in [6, 6.07) is 6.68. The van der Waals surface area contributed by atoms with Crippen molar-refractivity contribution < 1.29 is 57.9 Å². The number of likely N-dealkylation sites (N-methyl/N-ethyl adjacent to an activating group) is 1. The average molecular weight is 792 g/mol. The molecule has 0 spiro atoms. The Hall–Kier alpha value is -3.47. The number of ether oxygens (including phenoxy) is 5. The quantitative estimate of drug-likeness (QED) is 0.153. The number of carbonyl (C=O) groups is 5. The van der Waals surface area contributed by atoms with Crippen molar-refractivity contribution in [1.82, 2.24) is 15.5 Å². The molecule has 4 N–H and O–H groups in total. The molecule has 316 valence electrons. The number of nitrogens with one attached hydrogen (secondary N) is 2. The summed E-state index contributed by atoms with van der Waals surface area (Å²) in [5.41, 5.74) is -2.00. The normalized spacial score (nSPS) is 36.3. The van der Waals surface area contributed by atoms with Crippen LogP contribution in [0.2, 0.25) is 0 Å². The molecule has 0 unspecified atom stereocenters. The fraction of sp³-hybridized carbons (Fsp3) is 0.732. The molecule has 2 aliphatic rings. The standard InChI is InChI=1S/C41H65N3O12/c1-13-30-41(9,51)35(56-39(50)43-19-18-42-36(48)28-16-14-22(2)15-17-28)25(5)31(45)23(3)21-40(8,52-12)34(26(6)32(46)27(7)37(49)54-30)55-38-33(47)29(44(10)11)20-24(4)53-38/h14-17,23-27,29-30,33-35,38,47,51H,13,18-21H2,1-12H3,(H,42,48)(H,43,50)/t23-,24-,25+,26+,27-,29+,30-,33-,34-,35-,38+,40-,41-/m1/s1. The SMILES string of the molecule is CC[C@H]1OC(=O)[C@H](C)C(=O)[C@H](C)[C@@H](O[C@@H]2O[C@H](C)C[C@H](N(C)C)[C@H]2O)[C@](C)(OC)C[C@@H](C)C(=O)[C@H](C)[C@@H](OC(=O)NCCNC(=O)c2ccc(C)cc2)[C@]1(C)O. The first kappa shape index (κ1) is 46.9. The molecule has 56 heavy (non-hydrogen) atoms. The number of ketones is 2. The van der Waals surface area contributed by atoms with Crippen LogP contribution in [0.15, 0.2) is 24.3 Å². The highest BCUT2D eigenvalue weighted by Crippen LogP contribution is 2.39. The van der Waals surface area contributed by atoms with E-state index in [1.807, 2.05) is 45.0 Å². The van der Waals surface area contributed by atoms with E-state index in [1.54, 1.807) is 39.8 Å². The van der Waals surface area contributed by atoms with Gasteiger partial charge in [-0.1, -0.05) is 45.4 Å². The summed E-state index contributed by atoms with van der Waals surface area (Å²) < 4.78 is 30.3. The van der Waals surface area contributed by atoms with Crippen LogP contribution in [0.4, 0.5) is 4.79 Å². The van der Waals surface area contributed by atoms with Gasteiger partial charge in [-0.25, -0.2) is 4.79 Å². The van der Waals surface area contributed by atoms with E-state index in [2.05, 4.69) is 10.6 Å². The van der Waals surface area contributed by atoms with E-state index in [0.29, 0.717) is 12.0 Å². The number of benzene rings is 1. The summed E-state index contributed by atoms with van der Waals surface area (Å²) in [5.74, 6) is -6.50. The molecule has 15 nitrogen and oxygen atoms in total. The van der Waals surface area contributed by atoms with Crippen LogP contribution in [-0.4, -0.2) is 133 Å². The molecule has 15 heteroatoms. The third kappa shape index (κ3) is 11.1. The van der Waals surface area contributed by atoms with Crippen molar-refractivity contribution in [3.8, 4) is 0 Å². The molecule has 2 amide bonds. The Morgan fingerprint density at radius 1 is 0.946 bits per heavy atom. The lowest BCUT2D eigenvalue weighted by Gasteiger charge is -2.47. The Bertz CT molecular complexity index is 1520. The second-order valence-electron chi connectivity index (χ2n) is 16.3. The maximum absolute atomic E-state index is 14.3. The second kappa shape index (κ2) is 19.8. The number of esters is 1. The van der Waals surface area contributed by atoms with Crippen molar-refractivity contribution >= 4 is 29.5 Å². The van der Waals surface area contributed by atoms with Crippen LogP contribution in [0.1, 0.15) is 90.6 Å². The first-order valence-electron chi connectivity index (χ1n) is 19.6. The smallest absolute Gasteiger partial charge is 0.407 e. The van der Waals surface area contributed by atoms with Gasteiger partial charge in [0.2, 0.25) is 0 Å². The Morgan fingerprint density at radius 2 is 1.54 bits per heavy atom. The molecule has 0 bridgehead atoms. The number of amides is 2. The molecule has 0 aliphatic carbocycles. The van der Waals surface area contributed by atoms with Gasteiger partial charge in [-0.2, -0.15) is 0 Å². The lowest BCUT2D eigenvalue weighted by molar-refractivity contribution is -0.295. The van der Waals surface area contributed by atoms with Gasteiger partial charge in [0.15, 0.2) is 12.1 Å². The van der Waals surface area contributed by atoms with Crippen LogP contribution in [0.5, 0.6) is 0 Å². The van der Waals surface area contributed by atoms with E-state index in [-0.39, 0.29) is 44.0 Å². The fourth-order valence-corrected chi connectivity index (χ4v) is 7.95. The van der Waals surface area contributed by atoms with E-state index >= 15 is 0 Å². The van der Waals surface area contributed by atoms with Crippen LogP contribution in [0, 0.1) is 30.6 Å². The molecule has 13 atom stereocenters. The van der Waals surface area contributed by atoms with Crippen molar-refractivity contribution in [1.29, 1.82) is 0 Å². The van der Waals surface area contributed by atoms with Gasteiger partial charge in [0.05, 0.1) is 23.7 Å². The molecule has 1 aromatic rings. The van der Waals surface area contributed by atoms with E-state index in [1.165, 1.54) is 27.9 Å². The molecule has 0 saturated carbocycles. The monoisotopic (exact) mass is 791 g/mol. The number of aliphatic hydroxyl groups excluding tert-OH is 1. The van der Waals surface area contributed by atoms with Crippen molar-refractivity contribution in [3.63, 3.8) is 0 Å². The van der Waals surface area contributed by atoms with Gasteiger partial charge >= 0.3 is 12.1 Å². The summed E-state index contributed by atoms with van der Waals surface area (Å²) in [7, 11) is 5.10. The molecule has 2 heterocycles. The van der Waals surface area contributed by atoms with Gasteiger partial charge in [-0.05, 0) is 80.1 Å². The minimum absolute atomic E-state index is 0.00219. The molecule has 0 aromatic heterocycles. The molecule has 2 saturated heterocycles. The fourth-order valence-electron chi connectivity index (χ4n) is 7.95. The Labute approximate surface area is 331 Å². The van der Waals surface area contributed by atoms with Crippen LogP contribution in [-0.2, 0) is 38.1 Å². The van der Waals surface area contributed by atoms with Crippen molar-refractivity contribution in [2.24, 2.45) is 23.7 Å². The Balaban J connectivity index is 1.94. The summed E-state index contributed by atoms with van der Waals surface area (Å²) in [4.78, 5) is 69.8. The molecule has 1 aromatic carbocycles. The van der Waals surface area contributed by atoms with Gasteiger partial charge in [0, 0.05) is 43.6 Å². The van der Waals surface area contributed by atoms with E-state index < -0.39 is 89.2 Å². The maximum Gasteiger partial charge on any atom is 0.407 e. The van der Waals surface area contributed by atoms with Crippen LogP contribution in [0.3, 0.4) is 0 Å². The number of aryl methyl sites for hydroxylation is 1. The number of hydrogen-bond donors (Lipinski definition) is 4. The molecular weight excluding hydrogens is 726 g/mol. The molecule has 2 aliphatic heterocycles. The van der Waals surface area contributed by atoms with E-state index in [9.17, 15) is 34.2 Å². The summed E-state index contributed by atoms with van der Waals surface area (Å²) >= 11 is 0. The van der Waals surface area contributed by atoms with Crippen molar-refractivity contribution in [2.75, 3.05) is 34.3 Å². The lowest BCUT2D eigenvalue weighted by Crippen LogP contribution is -2.60. The van der Waals surface area contributed by atoms with Crippen LogP contribution in [0.25, 0.3) is 0 Å². The topological polar surface area (TPSA) is 199 Å². The van der Waals surface area contributed by atoms with Crippen LogP contribution < -0.4 is 10.6 Å². The highest BCUT2D eigenvalue weighted by molar-refractivity contribution is 6.00. The third-order valence-corrected chi connectivity index (χ3v) is 11.5. The highest BCUT2D eigenvalue weighted by atomic mass is 16.7. The summed E-state index contributed by atoms with van der Waals surface area (Å²) in [6.07, 6.45) is -6.89. The number of alkyl carbamates (subject to hydrolysis) is 1. The number of methoxy groups -OCH3 is 1. The van der Waals surface area contributed by atoms with Gasteiger partial charge < -0.3 is 49.4 Å². The number of carbonyl (C=O) groups excluding carboxylic acids is 5. The minimum Gasteiger partial charge on any atom is -0.459 e. The largest absolute Gasteiger partial charge is 0.459 e. The van der Waals surface area contributed by atoms with Gasteiger partial charge in [-0.15, -0.1) is 0 Å².